The number of anilines is 1. The van der Waals surface area contributed by atoms with Gasteiger partial charge in [-0.15, -0.1) is 0 Å². The van der Waals surface area contributed by atoms with Crippen molar-refractivity contribution in [2.24, 2.45) is 5.92 Å². The Kier molecular flexibility index (Phi) is 7.10. The van der Waals surface area contributed by atoms with Gasteiger partial charge in [0.15, 0.2) is 0 Å². The molecule has 1 saturated carbocycles. The van der Waals surface area contributed by atoms with Crippen molar-refractivity contribution in [3.05, 3.63) is 90.0 Å². The van der Waals surface area contributed by atoms with E-state index in [4.69, 9.17) is 4.74 Å². The average Bonchev–Trinajstić information content (AvgIpc) is 3.65. The van der Waals surface area contributed by atoms with Crippen LogP contribution in [-0.4, -0.2) is 43.2 Å². The van der Waals surface area contributed by atoms with Gasteiger partial charge in [-0.25, -0.2) is 0 Å². The highest BCUT2D eigenvalue weighted by molar-refractivity contribution is 6.31. The molecule has 3 aromatic rings. The van der Waals surface area contributed by atoms with E-state index in [9.17, 15) is 9.90 Å². The number of carbonyl (C=O) groups is 1. The minimum atomic E-state index is -0.141. The summed E-state index contributed by atoms with van der Waals surface area (Å²) in [6, 6.07) is 24.4. The summed E-state index contributed by atoms with van der Waals surface area (Å²) in [5.41, 5.74) is 4.27. The number of amides is 1. The van der Waals surface area contributed by atoms with Crippen LogP contribution in [0.25, 0.3) is 11.1 Å². The van der Waals surface area contributed by atoms with Crippen LogP contribution in [0.2, 0.25) is 0 Å². The van der Waals surface area contributed by atoms with Crippen molar-refractivity contribution in [2.45, 2.75) is 12.8 Å². The highest BCUT2D eigenvalue weighted by Crippen LogP contribution is 2.46. The van der Waals surface area contributed by atoms with Crippen molar-refractivity contribution in [3.63, 3.8) is 0 Å². The molecule has 2 N–H and O–H groups in total. The second kappa shape index (κ2) is 10.4. The van der Waals surface area contributed by atoms with E-state index in [0.717, 1.165) is 41.8 Å². The number of phenols is 1. The largest absolute Gasteiger partial charge is 0.508 e. The van der Waals surface area contributed by atoms with Gasteiger partial charge in [-0.3, -0.25) is 4.79 Å². The highest BCUT2D eigenvalue weighted by atomic mass is 16.5. The molecule has 4 rings (SSSR count). The third-order valence-electron chi connectivity index (χ3n) is 5.64. The maximum Gasteiger partial charge on any atom is 0.256 e. The Morgan fingerprint density at radius 3 is 2.21 bits per heavy atom. The van der Waals surface area contributed by atoms with Gasteiger partial charge in [-0.1, -0.05) is 42.5 Å². The number of phenolic OH excluding ortho intramolecular Hbond substituents is 1. The maximum absolute atomic E-state index is 13.6. The van der Waals surface area contributed by atoms with Crippen LogP contribution in [-0.2, 0) is 4.79 Å². The molecule has 3 aromatic carbocycles. The summed E-state index contributed by atoms with van der Waals surface area (Å²) in [6.45, 7) is 1.45. The van der Waals surface area contributed by atoms with Gasteiger partial charge in [0.2, 0.25) is 0 Å². The Labute approximate surface area is 195 Å². The number of hydrogen-bond donors (Lipinski definition) is 2. The van der Waals surface area contributed by atoms with Crippen molar-refractivity contribution >= 4 is 22.7 Å². The molecule has 0 heterocycles. The topological polar surface area (TPSA) is 61.8 Å². The Bertz CT molecular complexity index is 1100. The van der Waals surface area contributed by atoms with E-state index in [2.05, 4.69) is 10.2 Å². The lowest BCUT2D eigenvalue weighted by molar-refractivity contribution is -0.111. The van der Waals surface area contributed by atoms with Crippen LogP contribution in [0.3, 0.4) is 0 Å². The van der Waals surface area contributed by atoms with Gasteiger partial charge >= 0.3 is 0 Å². The van der Waals surface area contributed by atoms with E-state index in [-0.39, 0.29) is 11.7 Å². The molecule has 1 aliphatic rings. The molecule has 0 atom stereocenters. The second-order valence-electron chi connectivity index (χ2n) is 8.61. The highest BCUT2D eigenvalue weighted by Gasteiger charge is 2.32. The molecular weight excluding hydrogens is 412 g/mol. The number of ether oxygens (including phenoxy) is 1. The quantitative estimate of drug-likeness (QED) is 0.349. The van der Waals surface area contributed by atoms with Gasteiger partial charge in [0, 0.05) is 12.2 Å². The van der Waals surface area contributed by atoms with Gasteiger partial charge in [0.1, 0.15) is 18.1 Å². The number of nitrogens with one attached hydrogen (secondary N) is 1. The monoisotopic (exact) mass is 442 g/mol. The zero-order valence-corrected chi connectivity index (χ0v) is 19.1. The maximum atomic E-state index is 13.6. The number of aromatic hydroxyl groups is 1. The van der Waals surface area contributed by atoms with Crippen LogP contribution in [0.1, 0.15) is 24.0 Å². The van der Waals surface area contributed by atoms with E-state index in [0.29, 0.717) is 23.8 Å². The molecule has 170 valence electrons. The number of benzene rings is 3. The molecule has 1 aliphatic carbocycles. The molecule has 1 fully saturated rings. The number of hydrogen-bond acceptors (Lipinski definition) is 4. The molecule has 0 bridgehead atoms. The van der Waals surface area contributed by atoms with Gasteiger partial charge in [0.05, 0.1) is 5.57 Å². The first kappa shape index (κ1) is 22.6. The Morgan fingerprint density at radius 1 is 0.939 bits per heavy atom. The van der Waals surface area contributed by atoms with E-state index < -0.39 is 0 Å². The van der Waals surface area contributed by atoms with Crippen molar-refractivity contribution < 1.29 is 14.6 Å². The SMILES string of the molecule is CN(C)CCOc1ccc(NC(=O)C(=C(c2ccc(O)cc2)C2CC2)c2ccccc2)cc1. The summed E-state index contributed by atoms with van der Waals surface area (Å²) in [6.07, 6.45) is 2.11. The lowest BCUT2D eigenvalue weighted by Gasteiger charge is -2.17. The van der Waals surface area contributed by atoms with Crippen LogP contribution in [0.5, 0.6) is 11.5 Å². The molecular formula is C28H30N2O3. The summed E-state index contributed by atoms with van der Waals surface area (Å²) in [5.74, 6) is 1.18. The Morgan fingerprint density at radius 2 is 1.61 bits per heavy atom. The van der Waals surface area contributed by atoms with Crippen molar-refractivity contribution in [3.8, 4) is 11.5 Å². The molecule has 0 unspecified atom stereocenters. The van der Waals surface area contributed by atoms with Crippen LogP contribution in [0, 0.1) is 5.92 Å². The molecule has 33 heavy (non-hydrogen) atoms. The molecule has 0 aliphatic heterocycles. The van der Waals surface area contributed by atoms with E-state index >= 15 is 0 Å². The average molecular weight is 443 g/mol. The van der Waals surface area contributed by atoms with E-state index in [1.54, 1.807) is 12.1 Å². The summed E-state index contributed by atoms with van der Waals surface area (Å²) in [4.78, 5) is 15.7. The van der Waals surface area contributed by atoms with Crippen molar-refractivity contribution in [1.29, 1.82) is 0 Å². The fourth-order valence-electron chi connectivity index (χ4n) is 3.79. The predicted molar refractivity (Wildman–Crippen MR) is 133 cm³/mol. The number of nitrogens with zero attached hydrogens (tertiary/aromatic N) is 1. The van der Waals surface area contributed by atoms with Crippen molar-refractivity contribution in [1.82, 2.24) is 4.90 Å². The smallest absolute Gasteiger partial charge is 0.256 e. The Balaban J connectivity index is 1.62. The molecule has 0 spiro atoms. The first-order valence-electron chi connectivity index (χ1n) is 11.3. The van der Waals surface area contributed by atoms with Crippen LogP contribution in [0.15, 0.2) is 78.9 Å². The third kappa shape index (κ3) is 6.02. The van der Waals surface area contributed by atoms with Gasteiger partial charge in [-0.2, -0.15) is 0 Å². The van der Waals surface area contributed by atoms with Gasteiger partial charge < -0.3 is 20.1 Å². The molecule has 0 aromatic heterocycles. The fourth-order valence-corrected chi connectivity index (χ4v) is 3.79. The predicted octanol–water partition coefficient (Wildman–Crippen LogP) is 5.29. The fraction of sp³-hybridized carbons (Fsp3) is 0.250. The minimum Gasteiger partial charge on any atom is -0.508 e. The molecule has 5 nitrogen and oxygen atoms in total. The zero-order chi connectivity index (χ0) is 23.2. The lowest BCUT2D eigenvalue weighted by Crippen LogP contribution is -2.19. The number of rotatable bonds is 9. The number of carbonyl (C=O) groups excluding carboxylic acids is 1. The second-order valence-corrected chi connectivity index (χ2v) is 8.61. The standard InChI is InChI=1S/C28H30N2O3/c1-30(2)18-19-33-25-16-12-23(13-17-25)29-28(32)27(20-6-4-3-5-7-20)26(21-8-9-21)22-10-14-24(31)15-11-22/h3-7,10-17,21,31H,8-9,18-19H2,1-2H3,(H,29,32). The molecule has 0 saturated heterocycles. The van der Waals surface area contributed by atoms with E-state index in [1.165, 1.54) is 0 Å². The Hall–Kier alpha value is -3.57. The van der Waals surface area contributed by atoms with Gasteiger partial charge in [-0.05, 0) is 86.0 Å². The number of likely N-dealkylation sites (N-methyl/N-ethyl adjacent to an activating group) is 1. The van der Waals surface area contributed by atoms with Gasteiger partial charge in [0.25, 0.3) is 5.91 Å². The van der Waals surface area contributed by atoms with Crippen LogP contribution < -0.4 is 10.1 Å². The molecule has 5 heteroatoms. The number of allylic oxidation sites excluding steroid dienone is 1. The molecule has 1 amide bonds. The normalized spacial score (nSPS) is 14.0. The summed E-state index contributed by atoms with van der Waals surface area (Å²) in [5, 5.41) is 12.8. The first-order chi connectivity index (χ1) is 16.0. The van der Waals surface area contributed by atoms with Crippen molar-refractivity contribution in [2.75, 3.05) is 32.6 Å². The zero-order valence-electron chi connectivity index (χ0n) is 19.1. The van der Waals surface area contributed by atoms with E-state index in [1.807, 2.05) is 80.8 Å². The summed E-state index contributed by atoms with van der Waals surface area (Å²) in [7, 11) is 4.02. The third-order valence-corrected chi connectivity index (χ3v) is 5.64. The molecule has 0 radical (unpaired) electrons. The van der Waals surface area contributed by atoms with Crippen LogP contribution >= 0.6 is 0 Å². The summed E-state index contributed by atoms with van der Waals surface area (Å²) >= 11 is 0. The van der Waals surface area contributed by atoms with Crippen LogP contribution in [0.4, 0.5) is 5.69 Å². The first-order valence-corrected chi connectivity index (χ1v) is 11.3. The summed E-state index contributed by atoms with van der Waals surface area (Å²) < 4.78 is 5.75. The lowest BCUT2D eigenvalue weighted by atomic mass is 9.90. The minimum absolute atomic E-state index is 0.141.